The number of halogens is 1. The molecule has 6 heteroatoms. The van der Waals surface area contributed by atoms with Crippen LogP contribution in [0.4, 0.5) is 0 Å². The number of hydrogen-bond donors (Lipinski definition) is 2. The number of likely N-dealkylation sites (tertiary alicyclic amines) is 1. The predicted molar refractivity (Wildman–Crippen MR) is 69.9 cm³/mol. The molecule has 1 amide bonds. The van der Waals surface area contributed by atoms with Gasteiger partial charge < -0.3 is 16.4 Å². The van der Waals surface area contributed by atoms with E-state index in [1.807, 2.05) is 4.90 Å². The topological polar surface area (TPSA) is 84.7 Å². The molecule has 0 bridgehead atoms. The Bertz CT molecular complexity index is 309. The summed E-state index contributed by atoms with van der Waals surface area (Å²) < 4.78 is 0. The molecular formula is C11H21ClN4O. The Morgan fingerprint density at radius 1 is 1.53 bits per heavy atom. The van der Waals surface area contributed by atoms with Crippen LogP contribution >= 0.6 is 11.6 Å². The highest BCUT2D eigenvalue weighted by Gasteiger charge is 2.31. The van der Waals surface area contributed by atoms with Gasteiger partial charge in [-0.1, -0.05) is 18.5 Å². The van der Waals surface area contributed by atoms with Gasteiger partial charge in [0.2, 0.25) is 0 Å². The lowest BCUT2D eigenvalue weighted by Gasteiger charge is -2.39. The Balaban J connectivity index is 2.71. The van der Waals surface area contributed by atoms with Crippen molar-refractivity contribution in [2.45, 2.75) is 32.2 Å². The zero-order valence-electron chi connectivity index (χ0n) is 10.4. The van der Waals surface area contributed by atoms with Gasteiger partial charge in [-0.15, -0.1) is 0 Å². The van der Waals surface area contributed by atoms with E-state index in [0.29, 0.717) is 6.54 Å². The zero-order chi connectivity index (χ0) is 13.1. The van der Waals surface area contributed by atoms with Crippen molar-refractivity contribution in [3.05, 3.63) is 0 Å². The number of rotatable bonds is 2. The molecule has 0 radical (unpaired) electrons. The molecule has 1 unspecified atom stereocenters. The Hall–Kier alpha value is -0.810. The van der Waals surface area contributed by atoms with E-state index in [4.69, 9.17) is 23.1 Å². The van der Waals surface area contributed by atoms with Crippen LogP contribution in [0, 0.1) is 5.41 Å². The predicted octanol–water partition coefficient (Wildman–Crippen LogP) is 0.516. The van der Waals surface area contributed by atoms with E-state index < -0.39 is 11.4 Å². The fraction of sp³-hybridized carbons (Fsp3) is 0.818. The molecule has 17 heavy (non-hydrogen) atoms. The van der Waals surface area contributed by atoms with Crippen LogP contribution in [-0.4, -0.2) is 41.8 Å². The summed E-state index contributed by atoms with van der Waals surface area (Å²) in [4.78, 5) is 17.3. The highest BCUT2D eigenvalue weighted by Crippen LogP contribution is 2.29. The Morgan fingerprint density at radius 2 is 2.06 bits per heavy atom. The molecule has 1 aliphatic rings. The molecule has 1 rings (SSSR count). The lowest BCUT2D eigenvalue weighted by Crippen LogP contribution is -2.48. The maximum Gasteiger partial charge on any atom is 0.284 e. The fourth-order valence-electron chi connectivity index (χ4n) is 1.93. The molecule has 0 aromatic rings. The van der Waals surface area contributed by atoms with Gasteiger partial charge in [-0.2, -0.15) is 0 Å². The van der Waals surface area contributed by atoms with E-state index in [0.717, 1.165) is 25.9 Å². The van der Waals surface area contributed by atoms with Crippen LogP contribution in [0.3, 0.4) is 0 Å². The van der Waals surface area contributed by atoms with Crippen molar-refractivity contribution in [2.75, 3.05) is 19.6 Å². The lowest BCUT2D eigenvalue weighted by molar-refractivity contribution is -0.112. The summed E-state index contributed by atoms with van der Waals surface area (Å²) in [6, 6.07) is 0. The number of hydrogen-bond acceptors (Lipinski definition) is 3. The number of aliphatic imine (C=N–C) groups is 1. The van der Waals surface area contributed by atoms with Gasteiger partial charge in [0.15, 0.2) is 5.84 Å². The minimum absolute atomic E-state index is 0.159. The molecule has 0 saturated carbocycles. The highest BCUT2D eigenvalue weighted by atomic mass is 35.5. The van der Waals surface area contributed by atoms with Crippen LogP contribution in [0.2, 0.25) is 0 Å². The molecule has 5 nitrogen and oxygen atoms in total. The number of nitrogens with zero attached hydrogens (tertiary/aromatic N) is 2. The van der Waals surface area contributed by atoms with Crippen molar-refractivity contribution in [3.8, 4) is 0 Å². The fourth-order valence-corrected chi connectivity index (χ4v) is 2.02. The third-order valence-electron chi connectivity index (χ3n) is 3.28. The van der Waals surface area contributed by atoms with Crippen LogP contribution in [-0.2, 0) is 4.79 Å². The second kappa shape index (κ2) is 5.69. The van der Waals surface area contributed by atoms with E-state index in [-0.39, 0.29) is 11.3 Å². The largest absolute Gasteiger partial charge is 0.363 e. The Kier molecular flexibility index (Phi) is 4.77. The van der Waals surface area contributed by atoms with Crippen molar-refractivity contribution in [3.63, 3.8) is 0 Å². The maximum absolute atomic E-state index is 11.3. The van der Waals surface area contributed by atoms with Crippen LogP contribution in [0.5, 0.6) is 0 Å². The Labute approximate surface area is 107 Å². The number of piperidine rings is 1. The lowest BCUT2D eigenvalue weighted by atomic mass is 9.80. The number of amidine groups is 1. The van der Waals surface area contributed by atoms with E-state index in [1.54, 1.807) is 6.92 Å². The van der Waals surface area contributed by atoms with Crippen molar-refractivity contribution >= 4 is 23.3 Å². The quantitative estimate of drug-likeness (QED) is 0.328. The summed E-state index contributed by atoms with van der Waals surface area (Å²) in [6.07, 6.45) is 1.87. The van der Waals surface area contributed by atoms with Gasteiger partial charge in [0, 0.05) is 13.1 Å². The van der Waals surface area contributed by atoms with Gasteiger partial charge >= 0.3 is 0 Å². The third-order valence-corrected chi connectivity index (χ3v) is 3.38. The Morgan fingerprint density at radius 3 is 2.41 bits per heavy atom. The molecule has 1 atom stereocenters. The van der Waals surface area contributed by atoms with Crippen molar-refractivity contribution < 1.29 is 4.79 Å². The molecule has 4 N–H and O–H groups in total. The molecule has 1 saturated heterocycles. The molecular weight excluding hydrogens is 240 g/mol. The van der Waals surface area contributed by atoms with Gasteiger partial charge in [-0.05, 0) is 31.7 Å². The molecule has 1 fully saturated rings. The smallest absolute Gasteiger partial charge is 0.284 e. The normalized spacial score (nSPS) is 22.4. The summed E-state index contributed by atoms with van der Waals surface area (Å²) in [5.74, 6) is -0.236. The number of carbonyl (C=O) groups excluding carboxylic acids is 1. The van der Waals surface area contributed by atoms with Gasteiger partial charge in [-0.3, -0.25) is 4.79 Å². The first-order chi connectivity index (χ1) is 7.88. The standard InChI is InChI=1S/C11H21ClN4O/c1-8(12)15-10(9(14)17)16-5-3-11(2,7-13)4-6-16/h8H,3-7,13H2,1-2H3,(H2,14,17)/b15-10+. The molecule has 0 aromatic carbocycles. The minimum Gasteiger partial charge on any atom is -0.363 e. The highest BCUT2D eigenvalue weighted by molar-refractivity contribution is 6.38. The third kappa shape index (κ3) is 3.85. The summed E-state index contributed by atoms with van der Waals surface area (Å²) >= 11 is 5.78. The van der Waals surface area contributed by atoms with Crippen LogP contribution in [0.25, 0.3) is 0 Å². The van der Waals surface area contributed by atoms with E-state index in [1.165, 1.54) is 0 Å². The summed E-state index contributed by atoms with van der Waals surface area (Å²) in [7, 11) is 0. The van der Waals surface area contributed by atoms with Gasteiger partial charge in [-0.25, -0.2) is 4.99 Å². The minimum atomic E-state index is -0.520. The van der Waals surface area contributed by atoms with Crippen molar-refractivity contribution in [2.24, 2.45) is 21.9 Å². The first-order valence-corrected chi connectivity index (χ1v) is 6.28. The number of primary amides is 1. The molecule has 1 aliphatic heterocycles. The summed E-state index contributed by atoms with van der Waals surface area (Å²) in [6.45, 7) is 6.03. The van der Waals surface area contributed by atoms with Crippen molar-refractivity contribution in [1.29, 1.82) is 0 Å². The van der Waals surface area contributed by atoms with Crippen LogP contribution in [0.15, 0.2) is 4.99 Å². The maximum atomic E-state index is 11.3. The monoisotopic (exact) mass is 260 g/mol. The molecule has 98 valence electrons. The van der Waals surface area contributed by atoms with Gasteiger partial charge in [0.05, 0.1) is 0 Å². The number of carbonyl (C=O) groups is 1. The molecule has 0 aromatic heterocycles. The number of nitrogens with two attached hydrogens (primary N) is 2. The zero-order valence-corrected chi connectivity index (χ0v) is 11.2. The summed E-state index contributed by atoms with van der Waals surface area (Å²) in [5, 5.41) is 0. The number of alkyl halides is 1. The molecule has 0 aliphatic carbocycles. The second-order valence-corrected chi connectivity index (χ2v) is 5.52. The SMILES string of the molecule is CC(Cl)/N=C(\C(N)=O)N1CCC(C)(CN)CC1. The molecule has 0 spiro atoms. The molecule has 1 heterocycles. The first-order valence-electron chi connectivity index (χ1n) is 5.85. The summed E-state index contributed by atoms with van der Waals surface area (Å²) in [5.41, 5.74) is 10.8. The first kappa shape index (κ1) is 14.3. The number of amides is 1. The van der Waals surface area contributed by atoms with Gasteiger partial charge in [0.25, 0.3) is 5.91 Å². The second-order valence-electron chi connectivity index (χ2n) is 4.89. The average molecular weight is 261 g/mol. The van der Waals surface area contributed by atoms with Crippen molar-refractivity contribution in [1.82, 2.24) is 4.90 Å². The average Bonchev–Trinajstić information content (AvgIpc) is 2.27. The van der Waals surface area contributed by atoms with E-state index in [9.17, 15) is 4.79 Å². The van der Waals surface area contributed by atoms with Crippen LogP contribution in [0.1, 0.15) is 26.7 Å². The van der Waals surface area contributed by atoms with E-state index >= 15 is 0 Å². The van der Waals surface area contributed by atoms with Gasteiger partial charge in [0.1, 0.15) is 5.50 Å². The van der Waals surface area contributed by atoms with Crippen LogP contribution < -0.4 is 11.5 Å². The van der Waals surface area contributed by atoms with E-state index in [2.05, 4.69) is 11.9 Å².